The molecule has 1 amide bonds. The number of nitriles is 1. The van der Waals surface area contributed by atoms with E-state index in [9.17, 15) is 20.2 Å². The van der Waals surface area contributed by atoms with Gasteiger partial charge in [-0.1, -0.05) is 12.1 Å². The number of ether oxygens (including phenoxy) is 1. The molecule has 2 aromatic rings. The van der Waals surface area contributed by atoms with Crippen LogP contribution in [0.5, 0.6) is 5.75 Å². The Hall–Kier alpha value is -3.66. The van der Waals surface area contributed by atoms with Gasteiger partial charge in [0.2, 0.25) is 0 Å². The molecule has 0 unspecified atom stereocenters. The van der Waals surface area contributed by atoms with E-state index in [4.69, 9.17) is 4.74 Å². The van der Waals surface area contributed by atoms with Crippen LogP contribution in [0, 0.1) is 28.4 Å². The van der Waals surface area contributed by atoms with Crippen molar-refractivity contribution in [1.82, 2.24) is 0 Å². The molecule has 25 heavy (non-hydrogen) atoms. The van der Waals surface area contributed by atoms with Gasteiger partial charge < -0.3 is 10.1 Å². The molecule has 0 atom stereocenters. The number of hydrogen-bond donors (Lipinski definition) is 1. The lowest BCUT2D eigenvalue weighted by Crippen LogP contribution is -2.14. The van der Waals surface area contributed by atoms with Crippen LogP contribution in [-0.4, -0.2) is 17.9 Å². The molecule has 1 N–H and O–H groups in total. The Labute approximate surface area is 144 Å². The van der Waals surface area contributed by atoms with Crippen molar-refractivity contribution in [2.24, 2.45) is 0 Å². The topological polar surface area (TPSA) is 105 Å². The predicted octanol–water partition coefficient (Wildman–Crippen LogP) is 3.46. The van der Waals surface area contributed by atoms with Crippen molar-refractivity contribution < 1.29 is 14.5 Å². The average Bonchev–Trinajstić information content (AvgIpc) is 2.61. The Morgan fingerprint density at radius 1 is 1.32 bits per heavy atom. The van der Waals surface area contributed by atoms with Crippen molar-refractivity contribution in [2.45, 2.75) is 6.92 Å². The maximum Gasteiger partial charge on any atom is 0.276 e. The standard InChI is InChI=1S/C18H15N3O4/c1-12-9-15(25-2)7-8-16(12)20-18(22)14(11-19)10-13-5-3-4-6-17(13)21(23)24/h3-10H,1-2H3,(H,20,22). The zero-order chi connectivity index (χ0) is 18.4. The molecule has 0 spiro atoms. The third kappa shape index (κ3) is 4.20. The molecule has 0 aliphatic rings. The van der Waals surface area contributed by atoms with E-state index in [0.29, 0.717) is 11.4 Å². The number of amides is 1. The minimum absolute atomic E-state index is 0.177. The first-order chi connectivity index (χ1) is 12.0. The summed E-state index contributed by atoms with van der Waals surface area (Å²) in [4.78, 5) is 22.8. The number of aryl methyl sites for hydroxylation is 1. The van der Waals surface area contributed by atoms with E-state index in [0.717, 1.165) is 5.56 Å². The second-order valence-corrected chi connectivity index (χ2v) is 5.12. The first kappa shape index (κ1) is 17.7. The summed E-state index contributed by atoms with van der Waals surface area (Å²) in [5, 5.41) is 22.9. The van der Waals surface area contributed by atoms with Crippen LogP contribution in [0.25, 0.3) is 6.08 Å². The zero-order valence-electron chi connectivity index (χ0n) is 13.6. The Kier molecular flexibility index (Phi) is 5.48. The minimum atomic E-state index is -0.645. The van der Waals surface area contributed by atoms with Gasteiger partial charge in [0.1, 0.15) is 17.4 Å². The number of rotatable bonds is 5. The van der Waals surface area contributed by atoms with Crippen LogP contribution >= 0.6 is 0 Å². The van der Waals surface area contributed by atoms with Crippen molar-refractivity contribution in [3.05, 3.63) is 69.3 Å². The molecule has 2 aromatic carbocycles. The van der Waals surface area contributed by atoms with Gasteiger partial charge in [-0.2, -0.15) is 5.26 Å². The predicted molar refractivity (Wildman–Crippen MR) is 93.0 cm³/mol. The number of hydrogen-bond acceptors (Lipinski definition) is 5. The third-order valence-electron chi connectivity index (χ3n) is 3.48. The summed E-state index contributed by atoms with van der Waals surface area (Å²) in [6.45, 7) is 1.79. The second kappa shape index (κ2) is 7.75. The quantitative estimate of drug-likeness (QED) is 0.389. The van der Waals surface area contributed by atoms with Gasteiger partial charge in [-0.3, -0.25) is 14.9 Å². The summed E-state index contributed by atoms with van der Waals surface area (Å²) in [5.74, 6) is 0.000348. The highest BCUT2D eigenvalue weighted by molar-refractivity contribution is 6.10. The molecule has 0 aliphatic heterocycles. The maximum atomic E-state index is 12.3. The molecule has 126 valence electrons. The fourth-order valence-corrected chi connectivity index (χ4v) is 2.17. The van der Waals surface area contributed by atoms with Crippen LogP contribution in [-0.2, 0) is 4.79 Å². The molecule has 0 fully saturated rings. The number of benzene rings is 2. The van der Waals surface area contributed by atoms with E-state index in [1.807, 2.05) is 0 Å². The number of nitro groups is 1. The summed E-state index contributed by atoms with van der Waals surface area (Å²) in [5.41, 5.74) is 1.06. The largest absolute Gasteiger partial charge is 0.497 e. The number of para-hydroxylation sites is 1. The summed E-state index contributed by atoms with van der Waals surface area (Å²) < 4.78 is 5.10. The van der Waals surface area contributed by atoms with Crippen molar-refractivity contribution in [2.75, 3.05) is 12.4 Å². The third-order valence-corrected chi connectivity index (χ3v) is 3.48. The van der Waals surface area contributed by atoms with Gasteiger partial charge >= 0.3 is 0 Å². The van der Waals surface area contributed by atoms with Gasteiger partial charge in [0, 0.05) is 11.8 Å². The number of nitrogens with zero attached hydrogens (tertiary/aromatic N) is 2. The van der Waals surface area contributed by atoms with E-state index < -0.39 is 10.8 Å². The van der Waals surface area contributed by atoms with E-state index in [1.165, 1.54) is 31.4 Å². The summed E-state index contributed by atoms with van der Waals surface area (Å²) in [6, 6.07) is 12.8. The zero-order valence-corrected chi connectivity index (χ0v) is 13.6. The number of nitro benzene ring substituents is 1. The maximum absolute atomic E-state index is 12.3. The average molecular weight is 337 g/mol. The smallest absolute Gasteiger partial charge is 0.276 e. The van der Waals surface area contributed by atoms with Crippen molar-refractivity contribution in [3.8, 4) is 11.8 Å². The van der Waals surface area contributed by atoms with Crippen LogP contribution in [0.3, 0.4) is 0 Å². The molecule has 0 aromatic heterocycles. The fourth-order valence-electron chi connectivity index (χ4n) is 2.17. The Morgan fingerprint density at radius 2 is 2.04 bits per heavy atom. The normalized spacial score (nSPS) is 10.7. The molecule has 7 heteroatoms. The van der Waals surface area contributed by atoms with Crippen LogP contribution in [0.15, 0.2) is 48.0 Å². The van der Waals surface area contributed by atoms with Gasteiger partial charge in [0.05, 0.1) is 17.6 Å². The highest BCUT2D eigenvalue weighted by atomic mass is 16.6. The van der Waals surface area contributed by atoms with Gasteiger partial charge in [0.25, 0.3) is 11.6 Å². The first-order valence-corrected chi connectivity index (χ1v) is 7.27. The Balaban J connectivity index is 2.31. The van der Waals surface area contributed by atoms with Gasteiger partial charge in [-0.15, -0.1) is 0 Å². The molecule has 0 saturated carbocycles. The van der Waals surface area contributed by atoms with Crippen molar-refractivity contribution in [1.29, 1.82) is 5.26 Å². The first-order valence-electron chi connectivity index (χ1n) is 7.27. The van der Waals surface area contributed by atoms with Crippen LogP contribution in [0.2, 0.25) is 0 Å². The lowest BCUT2D eigenvalue weighted by atomic mass is 10.1. The van der Waals surface area contributed by atoms with Gasteiger partial charge in [-0.05, 0) is 42.8 Å². The second-order valence-electron chi connectivity index (χ2n) is 5.12. The van der Waals surface area contributed by atoms with E-state index in [2.05, 4.69) is 5.32 Å². The molecular weight excluding hydrogens is 322 g/mol. The summed E-state index contributed by atoms with van der Waals surface area (Å²) in [7, 11) is 1.54. The summed E-state index contributed by atoms with van der Waals surface area (Å²) >= 11 is 0. The molecule has 0 saturated heterocycles. The van der Waals surface area contributed by atoms with Gasteiger partial charge in [0.15, 0.2) is 0 Å². The van der Waals surface area contributed by atoms with Crippen molar-refractivity contribution in [3.63, 3.8) is 0 Å². The monoisotopic (exact) mass is 337 g/mol. The van der Waals surface area contributed by atoms with E-state index in [-0.39, 0.29) is 16.8 Å². The molecule has 7 nitrogen and oxygen atoms in total. The number of methoxy groups -OCH3 is 1. The lowest BCUT2D eigenvalue weighted by molar-refractivity contribution is -0.385. The molecule has 0 heterocycles. The highest BCUT2D eigenvalue weighted by Crippen LogP contribution is 2.23. The molecule has 2 rings (SSSR count). The molecule has 0 aliphatic carbocycles. The van der Waals surface area contributed by atoms with Crippen molar-refractivity contribution >= 4 is 23.4 Å². The van der Waals surface area contributed by atoms with Crippen LogP contribution in [0.1, 0.15) is 11.1 Å². The highest BCUT2D eigenvalue weighted by Gasteiger charge is 2.15. The Morgan fingerprint density at radius 3 is 2.64 bits per heavy atom. The molecule has 0 radical (unpaired) electrons. The van der Waals surface area contributed by atoms with Crippen LogP contribution in [0.4, 0.5) is 11.4 Å². The Bertz CT molecular complexity index is 897. The van der Waals surface area contributed by atoms with Crippen LogP contribution < -0.4 is 10.1 Å². The number of anilines is 1. The van der Waals surface area contributed by atoms with E-state index in [1.54, 1.807) is 37.3 Å². The minimum Gasteiger partial charge on any atom is -0.497 e. The SMILES string of the molecule is COc1ccc(NC(=O)C(C#N)=Cc2ccccc2[N+](=O)[O-])c(C)c1. The fraction of sp³-hybridized carbons (Fsp3) is 0.111. The lowest BCUT2D eigenvalue weighted by Gasteiger charge is -2.09. The molecular formula is C18H15N3O4. The summed E-state index contributed by atoms with van der Waals surface area (Å²) in [6.07, 6.45) is 1.20. The van der Waals surface area contributed by atoms with Gasteiger partial charge in [-0.25, -0.2) is 0 Å². The number of carbonyl (C=O) groups excluding carboxylic acids is 1. The number of carbonyl (C=O) groups is 1. The van der Waals surface area contributed by atoms with E-state index >= 15 is 0 Å². The number of nitrogens with one attached hydrogen (secondary N) is 1. The molecule has 0 bridgehead atoms.